The molecule has 138 valence electrons. The van der Waals surface area contributed by atoms with Gasteiger partial charge >= 0.3 is 11.9 Å². The fourth-order valence-electron chi connectivity index (χ4n) is 4.57. The summed E-state index contributed by atoms with van der Waals surface area (Å²) < 4.78 is 5.05. The zero-order valence-electron chi connectivity index (χ0n) is 16.6. The Morgan fingerprint density at radius 1 is 0.920 bits per heavy atom. The van der Waals surface area contributed by atoms with E-state index in [4.69, 9.17) is 4.74 Å². The van der Waals surface area contributed by atoms with Crippen LogP contribution in [0.15, 0.2) is 30.3 Å². The fraction of sp³-hybridized carbons (Fsp3) is 0.636. The molecule has 0 spiro atoms. The van der Waals surface area contributed by atoms with Gasteiger partial charge in [0, 0.05) is 0 Å². The summed E-state index contributed by atoms with van der Waals surface area (Å²) in [5, 5.41) is 0. The summed E-state index contributed by atoms with van der Waals surface area (Å²) in [6.07, 6.45) is 0.925. The zero-order valence-corrected chi connectivity index (χ0v) is 16.6. The molecule has 0 amide bonds. The Morgan fingerprint density at radius 2 is 1.44 bits per heavy atom. The van der Waals surface area contributed by atoms with Gasteiger partial charge in [-0.3, -0.25) is 9.59 Å². The SMILES string of the molecule is CC(C)C1C(=O)OC(=O)C1C(C)C(C)(CC(C)(C)C)c1ccccc1. The predicted molar refractivity (Wildman–Crippen MR) is 99.9 cm³/mol. The molecule has 2 rings (SSSR count). The molecule has 1 aliphatic rings. The number of hydrogen-bond acceptors (Lipinski definition) is 3. The van der Waals surface area contributed by atoms with E-state index in [-0.39, 0.29) is 46.4 Å². The van der Waals surface area contributed by atoms with E-state index in [2.05, 4.69) is 46.8 Å². The molecule has 1 fully saturated rings. The van der Waals surface area contributed by atoms with E-state index in [1.807, 2.05) is 32.0 Å². The second-order valence-electron chi connectivity index (χ2n) is 9.35. The molecule has 1 aromatic carbocycles. The molecule has 0 saturated carbocycles. The number of esters is 2. The van der Waals surface area contributed by atoms with Gasteiger partial charge in [-0.15, -0.1) is 0 Å². The molecule has 0 bridgehead atoms. The second-order valence-corrected chi connectivity index (χ2v) is 9.35. The van der Waals surface area contributed by atoms with Gasteiger partial charge in [-0.2, -0.15) is 0 Å². The van der Waals surface area contributed by atoms with Crippen LogP contribution in [0.1, 0.15) is 60.5 Å². The number of rotatable bonds is 5. The van der Waals surface area contributed by atoms with Crippen LogP contribution in [-0.2, 0) is 19.7 Å². The van der Waals surface area contributed by atoms with E-state index >= 15 is 0 Å². The second kappa shape index (κ2) is 6.93. The van der Waals surface area contributed by atoms with Crippen molar-refractivity contribution < 1.29 is 14.3 Å². The van der Waals surface area contributed by atoms with Gasteiger partial charge in [-0.25, -0.2) is 0 Å². The Balaban J connectivity index is 2.50. The van der Waals surface area contributed by atoms with Crippen molar-refractivity contribution in [3.63, 3.8) is 0 Å². The quantitative estimate of drug-likeness (QED) is 0.558. The number of hydrogen-bond donors (Lipinski definition) is 0. The van der Waals surface area contributed by atoms with Crippen molar-refractivity contribution in [2.75, 3.05) is 0 Å². The van der Waals surface area contributed by atoms with Crippen LogP contribution in [0.5, 0.6) is 0 Å². The van der Waals surface area contributed by atoms with Crippen molar-refractivity contribution in [3.8, 4) is 0 Å². The highest BCUT2D eigenvalue weighted by Gasteiger charge is 2.53. The molecule has 1 aromatic rings. The van der Waals surface area contributed by atoms with Gasteiger partial charge < -0.3 is 4.74 Å². The average molecular weight is 344 g/mol. The molecular formula is C22H32O3. The third-order valence-corrected chi connectivity index (χ3v) is 5.73. The highest BCUT2D eigenvalue weighted by Crippen LogP contribution is 2.49. The number of ether oxygens (including phenoxy) is 1. The molecule has 4 unspecified atom stereocenters. The minimum Gasteiger partial charge on any atom is -0.393 e. The number of carbonyl (C=O) groups is 2. The molecular weight excluding hydrogens is 312 g/mol. The number of cyclic esters (lactones) is 2. The van der Waals surface area contributed by atoms with E-state index in [1.54, 1.807) is 0 Å². The first kappa shape index (κ1) is 19.7. The normalized spacial score (nSPS) is 25.0. The molecule has 0 aromatic heterocycles. The van der Waals surface area contributed by atoms with Crippen LogP contribution in [0.2, 0.25) is 0 Å². The third kappa shape index (κ3) is 3.96. The van der Waals surface area contributed by atoms with Gasteiger partial charge in [0.15, 0.2) is 0 Å². The Bertz CT molecular complexity index is 626. The summed E-state index contributed by atoms with van der Waals surface area (Å²) in [5.74, 6) is -1.37. The summed E-state index contributed by atoms with van der Waals surface area (Å²) in [6, 6.07) is 10.4. The fourth-order valence-corrected chi connectivity index (χ4v) is 4.57. The van der Waals surface area contributed by atoms with Crippen LogP contribution in [0, 0.1) is 29.1 Å². The van der Waals surface area contributed by atoms with E-state index in [1.165, 1.54) is 5.56 Å². The highest BCUT2D eigenvalue weighted by atomic mass is 16.6. The molecule has 3 nitrogen and oxygen atoms in total. The molecule has 1 heterocycles. The number of benzene rings is 1. The van der Waals surface area contributed by atoms with Crippen LogP contribution in [0.3, 0.4) is 0 Å². The Hall–Kier alpha value is -1.64. The molecule has 4 atom stereocenters. The summed E-state index contributed by atoms with van der Waals surface area (Å²) in [7, 11) is 0. The molecule has 1 saturated heterocycles. The molecule has 0 aliphatic carbocycles. The lowest BCUT2D eigenvalue weighted by Crippen LogP contribution is -2.42. The van der Waals surface area contributed by atoms with Gasteiger partial charge in [-0.05, 0) is 34.7 Å². The summed E-state index contributed by atoms with van der Waals surface area (Å²) >= 11 is 0. The molecule has 25 heavy (non-hydrogen) atoms. The monoisotopic (exact) mass is 344 g/mol. The summed E-state index contributed by atoms with van der Waals surface area (Å²) in [6.45, 7) is 15.0. The maximum Gasteiger partial charge on any atom is 0.317 e. The van der Waals surface area contributed by atoms with Crippen LogP contribution in [0.4, 0.5) is 0 Å². The van der Waals surface area contributed by atoms with Crippen LogP contribution in [0.25, 0.3) is 0 Å². The van der Waals surface area contributed by atoms with Crippen molar-refractivity contribution in [3.05, 3.63) is 35.9 Å². The van der Waals surface area contributed by atoms with Crippen LogP contribution in [-0.4, -0.2) is 11.9 Å². The minimum absolute atomic E-state index is 0.000440. The Labute approximate surface area is 152 Å². The van der Waals surface area contributed by atoms with Crippen molar-refractivity contribution in [1.29, 1.82) is 0 Å². The van der Waals surface area contributed by atoms with Crippen molar-refractivity contribution in [1.82, 2.24) is 0 Å². The lowest BCUT2D eigenvalue weighted by molar-refractivity contribution is -0.154. The largest absolute Gasteiger partial charge is 0.393 e. The van der Waals surface area contributed by atoms with Gasteiger partial charge in [0.25, 0.3) is 0 Å². The van der Waals surface area contributed by atoms with Gasteiger partial charge in [-0.1, -0.05) is 78.8 Å². The van der Waals surface area contributed by atoms with Crippen molar-refractivity contribution in [2.24, 2.45) is 29.1 Å². The maximum absolute atomic E-state index is 12.5. The minimum atomic E-state index is -0.389. The molecule has 0 N–H and O–H groups in total. The van der Waals surface area contributed by atoms with Crippen molar-refractivity contribution in [2.45, 2.75) is 60.3 Å². The lowest BCUT2D eigenvalue weighted by atomic mass is 9.59. The highest BCUT2D eigenvalue weighted by molar-refractivity contribution is 5.96. The van der Waals surface area contributed by atoms with Gasteiger partial charge in [0.2, 0.25) is 0 Å². The Kier molecular flexibility index (Phi) is 5.46. The predicted octanol–water partition coefficient (Wildman–Crippen LogP) is 4.99. The van der Waals surface area contributed by atoms with Crippen LogP contribution >= 0.6 is 0 Å². The smallest absolute Gasteiger partial charge is 0.317 e. The van der Waals surface area contributed by atoms with Gasteiger partial charge in [0.05, 0.1) is 11.8 Å². The Morgan fingerprint density at radius 3 is 1.92 bits per heavy atom. The van der Waals surface area contributed by atoms with E-state index < -0.39 is 0 Å². The average Bonchev–Trinajstić information content (AvgIpc) is 2.80. The van der Waals surface area contributed by atoms with Crippen LogP contribution < -0.4 is 0 Å². The first-order chi connectivity index (χ1) is 11.5. The summed E-state index contributed by atoms with van der Waals surface area (Å²) in [4.78, 5) is 24.8. The molecule has 1 aliphatic heterocycles. The lowest BCUT2D eigenvalue weighted by Gasteiger charge is -2.43. The van der Waals surface area contributed by atoms with Gasteiger partial charge in [0.1, 0.15) is 0 Å². The maximum atomic E-state index is 12.5. The summed E-state index contributed by atoms with van der Waals surface area (Å²) in [5.41, 5.74) is 1.09. The first-order valence-electron chi connectivity index (χ1n) is 9.28. The topological polar surface area (TPSA) is 43.4 Å². The molecule has 3 heteroatoms. The van der Waals surface area contributed by atoms with E-state index in [9.17, 15) is 9.59 Å². The van der Waals surface area contributed by atoms with E-state index in [0.29, 0.717) is 0 Å². The number of carbonyl (C=O) groups excluding carboxylic acids is 2. The standard InChI is InChI=1S/C22H32O3/c1-14(2)17-18(20(24)25-19(17)23)15(3)22(7,13-21(4,5)6)16-11-9-8-10-12-16/h8-12,14-15,17-18H,13H2,1-7H3. The third-order valence-electron chi connectivity index (χ3n) is 5.73. The first-order valence-corrected chi connectivity index (χ1v) is 9.28. The molecule has 0 radical (unpaired) electrons. The van der Waals surface area contributed by atoms with Crippen molar-refractivity contribution >= 4 is 11.9 Å². The van der Waals surface area contributed by atoms with E-state index in [0.717, 1.165) is 6.42 Å². The zero-order chi connectivity index (χ0) is 19.0.